The quantitative estimate of drug-likeness (QED) is 0.707. The Labute approximate surface area is 170 Å². The molecule has 0 aliphatic carbocycles. The summed E-state index contributed by atoms with van der Waals surface area (Å²) < 4.78 is 10.5. The minimum Gasteiger partial charge on any atom is -0.493 e. The zero-order valence-electron chi connectivity index (χ0n) is 17.3. The van der Waals surface area contributed by atoms with Gasteiger partial charge in [0.15, 0.2) is 11.5 Å². The van der Waals surface area contributed by atoms with Gasteiger partial charge in [0.25, 0.3) is 0 Å². The number of ether oxygens (including phenoxy) is 2. The van der Waals surface area contributed by atoms with Gasteiger partial charge in [0.1, 0.15) is 12.6 Å². The predicted molar refractivity (Wildman–Crippen MR) is 106 cm³/mol. The van der Waals surface area contributed by atoms with Crippen LogP contribution in [0.15, 0.2) is 18.2 Å². The minimum atomic E-state index is -0.496. The van der Waals surface area contributed by atoms with E-state index in [4.69, 9.17) is 9.47 Å². The third-order valence-corrected chi connectivity index (χ3v) is 5.47. The number of carbonyl (C=O) groups excluding carboxylic acids is 3. The predicted octanol–water partition coefficient (Wildman–Crippen LogP) is 0.329. The summed E-state index contributed by atoms with van der Waals surface area (Å²) in [4.78, 5) is 41.8. The van der Waals surface area contributed by atoms with Crippen molar-refractivity contribution in [3.05, 3.63) is 23.8 Å². The number of fused-ring (bicyclic) bond motifs is 1. The molecule has 3 rings (SSSR count). The van der Waals surface area contributed by atoms with E-state index in [1.807, 2.05) is 18.2 Å². The topological polar surface area (TPSA) is 91.4 Å². The van der Waals surface area contributed by atoms with E-state index in [1.54, 1.807) is 38.0 Å². The molecule has 2 fully saturated rings. The molecule has 9 nitrogen and oxygen atoms in total. The van der Waals surface area contributed by atoms with Crippen molar-refractivity contribution < 1.29 is 23.9 Å². The van der Waals surface area contributed by atoms with E-state index in [0.717, 1.165) is 5.56 Å². The smallest absolute Gasteiger partial charge is 0.321 e. The monoisotopic (exact) mass is 404 g/mol. The van der Waals surface area contributed by atoms with Gasteiger partial charge in [0.05, 0.1) is 20.3 Å². The summed E-state index contributed by atoms with van der Waals surface area (Å²) in [6, 6.07) is 4.81. The zero-order valence-corrected chi connectivity index (χ0v) is 17.3. The van der Waals surface area contributed by atoms with Gasteiger partial charge in [-0.05, 0) is 31.0 Å². The third-order valence-electron chi connectivity index (χ3n) is 5.47. The van der Waals surface area contributed by atoms with Crippen molar-refractivity contribution in [2.24, 2.45) is 0 Å². The molecule has 0 saturated carbocycles. The molecule has 1 aromatic rings. The number of nitrogens with one attached hydrogen (secondary N) is 1. The van der Waals surface area contributed by atoms with Crippen LogP contribution < -0.4 is 14.8 Å². The molecule has 0 unspecified atom stereocenters. The Morgan fingerprint density at radius 2 is 1.90 bits per heavy atom. The summed E-state index contributed by atoms with van der Waals surface area (Å²) in [5.41, 5.74) is 1.01. The highest BCUT2D eigenvalue weighted by Gasteiger charge is 2.47. The second-order valence-electron chi connectivity index (χ2n) is 7.41. The van der Waals surface area contributed by atoms with E-state index < -0.39 is 6.04 Å². The summed E-state index contributed by atoms with van der Waals surface area (Å²) in [7, 11) is 4.90. The Hall–Kier alpha value is -2.97. The van der Waals surface area contributed by atoms with Gasteiger partial charge in [0.2, 0.25) is 11.8 Å². The van der Waals surface area contributed by atoms with Crippen LogP contribution in [0.25, 0.3) is 0 Å². The Balaban J connectivity index is 1.50. The number of carbonyl (C=O) groups is 3. The maximum Gasteiger partial charge on any atom is 0.321 e. The molecule has 158 valence electrons. The van der Waals surface area contributed by atoms with Crippen LogP contribution in [0.4, 0.5) is 4.79 Å². The number of piperazine rings is 1. The molecule has 29 heavy (non-hydrogen) atoms. The van der Waals surface area contributed by atoms with Crippen LogP contribution in [0.3, 0.4) is 0 Å². The van der Waals surface area contributed by atoms with Crippen LogP contribution in [0.2, 0.25) is 0 Å². The van der Waals surface area contributed by atoms with Crippen molar-refractivity contribution in [3.8, 4) is 11.5 Å². The molecular formula is C20H28N4O5. The maximum atomic E-state index is 12.6. The SMILES string of the molecule is COc1ccc(CCNC(=O)CN2C[C@@H]3CN(C)C(=O)[C@H](C)N3C2=O)cc1OC. The molecule has 1 aromatic carbocycles. The molecular weight excluding hydrogens is 376 g/mol. The van der Waals surface area contributed by atoms with Gasteiger partial charge >= 0.3 is 6.03 Å². The Bertz CT molecular complexity index is 799. The molecule has 0 spiro atoms. The highest BCUT2D eigenvalue weighted by atomic mass is 16.5. The molecule has 2 aliphatic heterocycles. The maximum absolute atomic E-state index is 12.6. The van der Waals surface area contributed by atoms with E-state index in [2.05, 4.69) is 5.32 Å². The number of nitrogens with zero attached hydrogens (tertiary/aromatic N) is 3. The van der Waals surface area contributed by atoms with Crippen molar-refractivity contribution >= 4 is 17.8 Å². The molecule has 4 amide bonds. The highest BCUT2D eigenvalue weighted by molar-refractivity contribution is 5.91. The van der Waals surface area contributed by atoms with Crippen molar-refractivity contribution in [2.45, 2.75) is 25.4 Å². The largest absolute Gasteiger partial charge is 0.493 e. The lowest BCUT2D eigenvalue weighted by atomic mass is 10.1. The number of likely N-dealkylation sites (N-methyl/N-ethyl adjacent to an activating group) is 1. The average molecular weight is 404 g/mol. The lowest BCUT2D eigenvalue weighted by Gasteiger charge is -2.38. The number of amides is 4. The van der Waals surface area contributed by atoms with Gasteiger partial charge in [-0.3, -0.25) is 9.59 Å². The minimum absolute atomic E-state index is 0.0115. The molecule has 0 bridgehead atoms. The van der Waals surface area contributed by atoms with E-state index in [-0.39, 0.29) is 30.4 Å². The Kier molecular flexibility index (Phi) is 6.14. The number of methoxy groups -OCH3 is 2. The third kappa shape index (κ3) is 4.23. The summed E-state index contributed by atoms with van der Waals surface area (Å²) in [5.74, 6) is 1.01. The lowest BCUT2D eigenvalue weighted by molar-refractivity contribution is -0.139. The van der Waals surface area contributed by atoms with Crippen LogP contribution in [0.1, 0.15) is 12.5 Å². The normalized spacial score (nSPS) is 21.3. The van der Waals surface area contributed by atoms with Crippen LogP contribution in [0, 0.1) is 0 Å². The number of urea groups is 1. The Morgan fingerprint density at radius 1 is 1.17 bits per heavy atom. The first-order valence-corrected chi connectivity index (χ1v) is 9.65. The summed E-state index contributed by atoms with van der Waals surface area (Å²) in [5, 5.41) is 2.85. The summed E-state index contributed by atoms with van der Waals surface area (Å²) in [6.07, 6.45) is 0.630. The van der Waals surface area contributed by atoms with Crippen LogP contribution in [0.5, 0.6) is 11.5 Å². The highest BCUT2D eigenvalue weighted by Crippen LogP contribution is 2.27. The second-order valence-corrected chi connectivity index (χ2v) is 7.41. The first-order chi connectivity index (χ1) is 13.8. The van der Waals surface area contributed by atoms with Gasteiger partial charge in [-0.1, -0.05) is 6.07 Å². The van der Waals surface area contributed by atoms with Crippen LogP contribution >= 0.6 is 0 Å². The molecule has 0 aromatic heterocycles. The molecule has 1 N–H and O–H groups in total. The van der Waals surface area contributed by atoms with Gasteiger partial charge in [-0.25, -0.2) is 4.79 Å². The second kappa shape index (κ2) is 8.59. The molecule has 2 atom stereocenters. The van der Waals surface area contributed by atoms with Crippen molar-refractivity contribution in [1.82, 2.24) is 20.0 Å². The van der Waals surface area contributed by atoms with Gasteiger partial charge in [0, 0.05) is 26.7 Å². The van der Waals surface area contributed by atoms with Gasteiger partial charge in [-0.15, -0.1) is 0 Å². The van der Waals surface area contributed by atoms with E-state index in [1.165, 1.54) is 4.90 Å². The molecule has 2 aliphatic rings. The number of hydrogen-bond acceptors (Lipinski definition) is 5. The van der Waals surface area contributed by atoms with E-state index in [9.17, 15) is 14.4 Å². The number of benzene rings is 1. The fourth-order valence-corrected chi connectivity index (χ4v) is 3.96. The number of rotatable bonds is 7. The zero-order chi connectivity index (χ0) is 21.1. The molecule has 2 saturated heterocycles. The fraction of sp³-hybridized carbons (Fsp3) is 0.550. The standard InChI is InChI=1S/C20H28N4O5/c1-13-19(26)22(2)10-15-11-23(20(27)24(13)15)12-18(25)21-8-7-14-5-6-16(28-3)17(9-14)29-4/h5-6,9,13,15H,7-8,10-12H2,1-4H3,(H,21,25)/t13-,15-/m0/s1. The first-order valence-electron chi connectivity index (χ1n) is 9.65. The van der Waals surface area contributed by atoms with E-state index in [0.29, 0.717) is 37.6 Å². The van der Waals surface area contributed by atoms with Crippen molar-refractivity contribution in [1.29, 1.82) is 0 Å². The van der Waals surface area contributed by atoms with Crippen LogP contribution in [-0.2, 0) is 16.0 Å². The molecule has 9 heteroatoms. The first kappa shape index (κ1) is 20.8. The molecule has 2 heterocycles. The van der Waals surface area contributed by atoms with Crippen molar-refractivity contribution in [2.75, 3.05) is 47.4 Å². The fourth-order valence-electron chi connectivity index (χ4n) is 3.96. The Morgan fingerprint density at radius 3 is 2.59 bits per heavy atom. The van der Waals surface area contributed by atoms with E-state index >= 15 is 0 Å². The molecule has 0 radical (unpaired) electrons. The van der Waals surface area contributed by atoms with Gasteiger partial charge in [-0.2, -0.15) is 0 Å². The summed E-state index contributed by atoms with van der Waals surface area (Å²) in [6.45, 7) is 3.11. The lowest BCUT2D eigenvalue weighted by Crippen LogP contribution is -2.58. The van der Waals surface area contributed by atoms with Crippen LogP contribution in [-0.4, -0.2) is 92.1 Å². The van der Waals surface area contributed by atoms with Crippen molar-refractivity contribution in [3.63, 3.8) is 0 Å². The number of hydrogen-bond donors (Lipinski definition) is 1. The average Bonchev–Trinajstić information content (AvgIpc) is 3.00. The summed E-state index contributed by atoms with van der Waals surface area (Å²) >= 11 is 0. The van der Waals surface area contributed by atoms with Gasteiger partial charge < -0.3 is 29.5 Å².